The average Bonchev–Trinajstić information content (AvgIpc) is 2.37. The molecule has 1 unspecified atom stereocenters. The van der Waals surface area contributed by atoms with Crippen LogP contribution in [0.4, 0.5) is 5.69 Å². The molecule has 2 rings (SSSR count). The number of piperidine rings is 1. The lowest BCUT2D eigenvalue weighted by Gasteiger charge is -2.30. The van der Waals surface area contributed by atoms with E-state index < -0.39 is 0 Å². The smallest absolute Gasteiger partial charge is 0.232 e. The summed E-state index contributed by atoms with van der Waals surface area (Å²) >= 11 is 4.90. The zero-order chi connectivity index (χ0) is 13.8. The van der Waals surface area contributed by atoms with Crippen molar-refractivity contribution in [2.24, 2.45) is 5.92 Å². The van der Waals surface area contributed by atoms with Gasteiger partial charge in [0.2, 0.25) is 5.91 Å². The summed E-state index contributed by atoms with van der Waals surface area (Å²) in [4.78, 5) is 15.1. The first-order valence-electron chi connectivity index (χ1n) is 6.52. The van der Waals surface area contributed by atoms with Gasteiger partial charge < -0.3 is 10.6 Å². The Kier molecular flexibility index (Phi) is 5.16. The molecule has 1 aliphatic rings. The Hall–Kier alpha value is -0.680. The number of nitrogens with zero attached hydrogens (tertiary/aromatic N) is 1. The second-order valence-corrected chi connectivity index (χ2v) is 6.99. The van der Waals surface area contributed by atoms with Crippen molar-refractivity contribution in [1.82, 2.24) is 4.90 Å². The van der Waals surface area contributed by atoms with Crippen LogP contribution < -0.4 is 5.73 Å². The molecule has 0 aromatic heterocycles. The van der Waals surface area contributed by atoms with Crippen LogP contribution >= 0.6 is 27.7 Å². The Labute approximate surface area is 127 Å². The number of nitrogens with two attached hydrogens (primary N) is 1. The average molecular weight is 343 g/mol. The third kappa shape index (κ3) is 4.14. The number of nitrogen functional groups attached to an aromatic ring is 1. The Balaban J connectivity index is 1.89. The van der Waals surface area contributed by atoms with E-state index in [0.717, 1.165) is 34.6 Å². The minimum Gasteiger partial charge on any atom is -0.398 e. The lowest BCUT2D eigenvalue weighted by molar-refractivity contribution is -0.130. The number of hydrogen-bond acceptors (Lipinski definition) is 3. The molecule has 0 radical (unpaired) electrons. The van der Waals surface area contributed by atoms with Gasteiger partial charge in [0.15, 0.2) is 0 Å². The predicted octanol–water partition coefficient (Wildman–Crippen LogP) is 3.38. The molecular formula is C14H19BrN2OS. The molecular weight excluding hydrogens is 324 g/mol. The van der Waals surface area contributed by atoms with E-state index >= 15 is 0 Å². The lowest BCUT2D eigenvalue weighted by atomic mass is 10.0. The minimum absolute atomic E-state index is 0.221. The number of benzene rings is 1. The largest absolute Gasteiger partial charge is 0.398 e. The van der Waals surface area contributed by atoms with Gasteiger partial charge in [-0.25, -0.2) is 0 Å². The molecule has 0 aliphatic carbocycles. The van der Waals surface area contributed by atoms with Crippen molar-refractivity contribution in [2.45, 2.75) is 24.7 Å². The molecule has 1 aliphatic heterocycles. The summed E-state index contributed by atoms with van der Waals surface area (Å²) in [5.41, 5.74) is 6.65. The van der Waals surface area contributed by atoms with Gasteiger partial charge in [-0.05, 0) is 37.0 Å². The number of halogens is 1. The maximum absolute atomic E-state index is 12.2. The summed E-state index contributed by atoms with van der Waals surface area (Å²) in [6.07, 6.45) is 2.36. The van der Waals surface area contributed by atoms with Gasteiger partial charge in [0.1, 0.15) is 0 Å². The zero-order valence-corrected chi connectivity index (χ0v) is 13.5. The second kappa shape index (κ2) is 6.66. The summed E-state index contributed by atoms with van der Waals surface area (Å²) in [7, 11) is 0. The number of carbonyl (C=O) groups is 1. The van der Waals surface area contributed by atoms with E-state index in [4.69, 9.17) is 5.73 Å². The van der Waals surface area contributed by atoms with E-state index in [1.165, 1.54) is 18.2 Å². The van der Waals surface area contributed by atoms with Crippen molar-refractivity contribution in [3.63, 3.8) is 0 Å². The summed E-state index contributed by atoms with van der Waals surface area (Å²) in [6, 6.07) is 5.78. The standard InChI is InChI=1S/C14H19BrN2OS/c1-10-3-2-6-17(8-10)14(18)9-19-13-5-4-11(15)7-12(13)16/h4-5,7,10H,2-3,6,8-9,16H2,1H3. The van der Waals surface area contributed by atoms with Crippen LogP contribution in [0.2, 0.25) is 0 Å². The van der Waals surface area contributed by atoms with Crippen LogP contribution in [0, 0.1) is 5.92 Å². The maximum atomic E-state index is 12.2. The molecule has 19 heavy (non-hydrogen) atoms. The van der Waals surface area contributed by atoms with Crippen molar-refractivity contribution in [3.05, 3.63) is 22.7 Å². The second-order valence-electron chi connectivity index (χ2n) is 5.06. The van der Waals surface area contributed by atoms with Crippen LogP contribution in [0.15, 0.2) is 27.6 Å². The van der Waals surface area contributed by atoms with E-state index in [0.29, 0.717) is 11.7 Å². The van der Waals surface area contributed by atoms with Crippen molar-refractivity contribution in [2.75, 3.05) is 24.6 Å². The first-order valence-corrected chi connectivity index (χ1v) is 8.29. The number of anilines is 1. The maximum Gasteiger partial charge on any atom is 0.232 e. The molecule has 1 amide bonds. The van der Waals surface area contributed by atoms with Crippen molar-refractivity contribution in [3.8, 4) is 0 Å². The molecule has 1 heterocycles. The van der Waals surface area contributed by atoms with E-state index in [9.17, 15) is 4.79 Å². The monoisotopic (exact) mass is 342 g/mol. The van der Waals surface area contributed by atoms with Gasteiger partial charge in [0, 0.05) is 28.1 Å². The van der Waals surface area contributed by atoms with E-state index in [-0.39, 0.29) is 5.91 Å². The fourth-order valence-corrected chi connectivity index (χ4v) is 3.53. The van der Waals surface area contributed by atoms with Gasteiger partial charge in [-0.1, -0.05) is 22.9 Å². The fraction of sp³-hybridized carbons (Fsp3) is 0.500. The molecule has 0 bridgehead atoms. The fourth-order valence-electron chi connectivity index (χ4n) is 2.30. The summed E-state index contributed by atoms with van der Waals surface area (Å²) in [6.45, 7) is 4.01. The van der Waals surface area contributed by atoms with Crippen LogP contribution in [0.5, 0.6) is 0 Å². The number of rotatable bonds is 3. The van der Waals surface area contributed by atoms with Gasteiger partial charge in [0.05, 0.1) is 5.75 Å². The van der Waals surface area contributed by atoms with Gasteiger partial charge in [0.25, 0.3) is 0 Å². The van der Waals surface area contributed by atoms with Gasteiger partial charge >= 0.3 is 0 Å². The highest BCUT2D eigenvalue weighted by molar-refractivity contribution is 9.10. The molecule has 3 nitrogen and oxygen atoms in total. The normalized spacial score (nSPS) is 19.5. The molecule has 1 atom stereocenters. The Bertz CT molecular complexity index is 467. The van der Waals surface area contributed by atoms with Gasteiger partial charge in [-0.15, -0.1) is 11.8 Å². The molecule has 1 fully saturated rings. The van der Waals surface area contributed by atoms with Crippen LogP contribution in [-0.4, -0.2) is 29.6 Å². The van der Waals surface area contributed by atoms with Crippen LogP contribution in [0.25, 0.3) is 0 Å². The van der Waals surface area contributed by atoms with Crippen LogP contribution in [-0.2, 0) is 4.79 Å². The minimum atomic E-state index is 0.221. The third-order valence-electron chi connectivity index (χ3n) is 3.33. The molecule has 5 heteroatoms. The zero-order valence-electron chi connectivity index (χ0n) is 11.1. The molecule has 104 valence electrons. The topological polar surface area (TPSA) is 46.3 Å². The Morgan fingerprint density at radius 3 is 3.05 bits per heavy atom. The summed E-state index contributed by atoms with van der Waals surface area (Å²) in [5, 5.41) is 0. The van der Waals surface area contributed by atoms with Crippen LogP contribution in [0.3, 0.4) is 0 Å². The number of hydrogen-bond donors (Lipinski definition) is 1. The predicted molar refractivity (Wildman–Crippen MR) is 84.3 cm³/mol. The quantitative estimate of drug-likeness (QED) is 0.676. The molecule has 1 aromatic rings. The van der Waals surface area contributed by atoms with E-state index in [1.807, 2.05) is 23.1 Å². The number of amides is 1. The van der Waals surface area contributed by atoms with Crippen molar-refractivity contribution >= 4 is 39.3 Å². The van der Waals surface area contributed by atoms with Gasteiger partial charge in [-0.2, -0.15) is 0 Å². The Morgan fingerprint density at radius 1 is 1.58 bits per heavy atom. The number of likely N-dealkylation sites (tertiary alicyclic amines) is 1. The summed E-state index contributed by atoms with van der Waals surface area (Å²) in [5.74, 6) is 1.32. The van der Waals surface area contributed by atoms with Gasteiger partial charge in [-0.3, -0.25) is 4.79 Å². The molecule has 2 N–H and O–H groups in total. The highest BCUT2D eigenvalue weighted by Crippen LogP contribution is 2.28. The van der Waals surface area contributed by atoms with E-state index in [1.54, 1.807) is 0 Å². The Morgan fingerprint density at radius 2 is 2.37 bits per heavy atom. The highest BCUT2D eigenvalue weighted by Gasteiger charge is 2.20. The number of carbonyl (C=O) groups excluding carboxylic acids is 1. The van der Waals surface area contributed by atoms with Crippen molar-refractivity contribution < 1.29 is 4.79 Å². The molecule has 1 saturated heterocycles. The number of thioether (sulfide) groups is 1. The van der Waals surface area contributed by atoms with E-state index in [2.05, 4.69) is 22.9 Å². The first kappa shape index (κ1) is 14.7. The third-order valence-corrected chi connectivity index (χ3v) is 4.90. The first-order chi connectivity index (χ1) is 9.06. The SMILES string of the molecule is CC1CCCN(C(=O)CSc2ccc(Br)cc2N)C1. The highest BCUT2D eigenvalue weighted by atomic mass is 79.9. The summed E-state index contributed by atoms with van der Waals surface area (Å²) < 4.78 is 0.963. The molecule has 0 spiro atoms. The molecule has 1 aromatic carbocycles. The van der Waals surface area contributed by atoms with Crippen molar-refractivity contribution in [1.29, 1.82) is 0 Å². The molecule has 0 saturated carbocycles. The van der Waals surface area contributed by atoms with Crippen LogP contribution in [0.1, 0.15) is 19.8 Å². The lowest BCUT2D eigenvalue weighted by Crippen LogP contribution is -2.40.